The maximum Gasteiger partial charge on any atom is 0.253 e. The van der Waals surface area contributed by atoms with Crippen LogP contribution in [0, 0.1) is 0 Å². The molecular formula is C5H3NO3. The van der Waals surface area contributed by atoms with E-state index in [1.165, 1.54) is 0 Å². The van der Waals surface area contributed by atoms with Crippen molar-refractivity contribution in [2.24, 2.45) is 4.99 Å². The maximum absolute atomic E-state index is 10.3. The first kappa shape index (κ1) is 5.81. The molecule has 0 aromatic carbocycles. The van der Waals surface area contributed by atoms with Crippen LogP contribution in [0.5, 0.6) is 0 Å². The van der Waals surface area contributed by atoms with Crippen LogP contribution in [0.4, 0.5) is 0 Å². The van der Waals surface area contributed by atoms with Crippen LogP contribution in [0.1, 0.15) is 6.42 Å². The van der Waals surface area contributed by atoms with Crippen LogP contribution in [0.25, 0.3) is 0 Å². The van der Waals surface area contributed by atoms with Gasteiger partial charge in [0.15, 0.2) is 0 Å². The van der Waals surface area contributed by atoms with Gasteiger partial charge in [-0.25, -0.2) is 4.99 Å². The summed E-state index contributed by atoms with van der Waals surface area (Å²) in [6, 6.07) is 0. The molecule has 0 unspecified atom stereocenters. The number of amides is 1. The molecule has 0 atom stereocenters. The fourth-order valence-electron chi connectivity index (χ4n) is 0.473. The molecule has 0 saturated heterocycles. The fraction of sp³-hybridized carbons (Fsp3) is 0.200. The second-order valence-corrected chi connectivity index (χ2v) is 1.62. The van der Waals surface area contributed by atoms with Crippen molar-refractivity contribution >= 4 is 23.7 Å². The average Bonchev–Trinajstić information content (AvgIpc) is 1.80. The van der Waals surface area contributed by atoms with Crippen molar-refractivity contribution in [1.82, 2.24) is 0 Å². The number of rotatable bonds is 0. The molecule has 0 spiro atoms. The lowest BCUT2D eigenvalue weighted by Gasteiger charge is -1.95. The molecule has 4 nitrogen and oxygen atoms in total. The first-order valence-corrected chi connectivity index (χ1v) is 2.34. The highest BCUT2D eigenvalue weighted by Crippen LogP contribution is 1.93. The molecule has 46 valence electrons. The Morgan fingerprint density at radius 1 is 1.33 bits per heavy atom. The standard InChI is InChI=1S/C5H3NO3/c7-3-1-5(9)6-2-4(3)8/h2H,1H2. The van der Waals surface area contributed by atoms with E-state index in [4.69, 9.17) is 0 Å². The number of hydrogen-bond acceptors (Lipinski definition) is 3. The largest absolute Gasteiger partial charge is 0.290 e. The Bertz CT molecular complexity index is 216. The summed E-state index contributed by atoms with van der Waals surface area (Å²) in [6.07, 6.45) is 0.392. The van der Waals surface area contributed by atoms with Gasteiger partial charge in [0, 0.05) is 0 Å². The van der Waals surface area contributed by atoms with E-state index in [0.717, 1.165) is 6.21 Å². The quantitative estimate of drug-likeness (QED) is 0.312. The molecule has 1 amide bonds. The summed E-state index contributed by atoms with van der Waals surface area (Å²) in [4.78, 5) is 34.0. The van der Waals surface area contributed by atoms with E-state index in [1.807, 2.05) is 0 Å². The van der Waals surface area contributed by atoms with Crippen molar-refractivity contribution in [3.8, 4) is 0 Å². The lowest BCUT2D eigenvalue weighted by molar-refractivity contribution is -0.136. The summed E-state index contributed by atoms with van der Waals surface area (Å²) in [6.45, 7) is 0. The minimum Gasteiger partial charge on any atom is -0.290 e. The molecule has 0 N–H and O–H groups in total. The van der Waals surface area contributed by atoms with Crippen LogP contribution in [0.3, 0.4) is 0 Å². The van der Waals surface area contributed by atoms with Crippen molar-refractivity contribution < 1.29 is 14.4 Å². The first-order valence-electron chi connectivity index (χ1n) is 2.34. The van der Waals surface area contributed by atoms with Crippen LogP contribution in [-0.2, 0) is 14.4 Å². The number of carbonyl (C=O) groups excluding carboxylic acids is 3. The van der Waals surface area contributed by atoms with Gasteiger partial charge in [0.25, 0.3) is 5.91 Å². The Labute approximate surface area is 50.6 Å². The lowest BCUT2D eigenvalue weighted by atomic mass is 10.1. The van der Waals surface area contributed by atoms with Gasteiger partial charge in [-0.15, -0.1) is 0 Å². The number of aliphatic imine (C=N–C) groups is 1. The fourth-order valence-corrected chi connectivity index (χ4v) is 0.473. The third-order valence-corrected chi connectivity index (χ3v) is 0.912. The monoisotopic (exact) mass is 125 g/mol. The van der Waals surface area contributed by atoms with Crippen LogP contribution in [0.2, 0.25) is 0 Å². The van der Waals surface area contributed by atoms with Gasteiger partial charge in [-0.05, 0) is 0 Å². The molecule has 4 heteroatoms. The van der Waals surface area contributed by atoms with Gasteiger partial charge in [0.2, 0.25) is 11.6 Å². The summed E-state index contributed by atoms with van der Waals surface area (Å²) in [5.74, 6) is -1.90. The van der Waals surface area contributed by atoms with Crippen molar-refractivity contribution in [3.63, 3.8) is 0 Å². The number of hydrogen-bond donors (Lipinski definition) is 0. The van der Waals surface area contributed by atoms with E-state index in [-0.39, 0.29) is 6.42 Å². The predicted molar refractivity (Wildman–Crippen MR) is 28.1 cm³/mol. The Hall–Kier alpha value is -1.32. The number of nitrogens with zero attached hydrogens (tertiary/aromatic N) is 1. The van der Waals surface area contributed by atoms with E-state index in [9.17, 15) is 14.4 Å². The summed E-state index contributed by atoms with van der Waals surface area (Å²) in [7, 11) is 0. The smallest absolute Gasteiger partial charge is 0.253 e. The molecule has 0 aliphatic carbocycles. The van der Waals surface area contributed by atoms with E-state index in [1.54, 1.807) is 0 Å². The van der Waals surface area contributed by atoms with Crippen molar-refractivity contribution in [2.75, 3.05) is 0 Å². The first-order chi connectivity index (χ1) is 4.20. The van der Waals surface area contributed by atoms with Gasteiger partial charge >= 0.3 is 0 Å². The van der Waals surface area contributed by atoms with Crippen LogP contribution < -0.4 is 0 Å². The molecule has 0 fully saturated rings. The minimum absolute atomic E-state index is 0.366. The molecular weight excluding hydrogens is 122 g/mol. The third kappa shape index (κ3) is 1.07. The van der Waals surface area contributed by atoms with Gasteiger partial charge in [0.1, 0.15) is 0 Å². The molecule has 0 aromatic rings. The van der Waals surface area contributed by atoms with Crippen molar-refractivity contribution in [1.29, 1.82) is 0 Å². The Kier molecular flexibility index (Phi) is 1.22. The van der Waals surface area contributed by atoms with Crippen LogP contribution >= 0.6 is 0 Å². The predicted octanol–water partition coefficient (Wildman–Crippen LogP) is -0.874. The van der Waals surface area contributed by atoms with Gasteiger partial charge in [0.05, 0.1) is 12.6 Å². The molecule has 9 heavy (non-hydrogen) atoms. The minimum atomic E-state index is -0.686. The van der Waals surface area contributed by atoms with Crippen molar-refractivity contribution in [3.05, 3.63) is 0 Å². The summed E-state index contributed by atoms with van der Waals surface area (Å²) in [5.41, 5.74) is 0. The highest BCUT2D eigenvalue weighted by Gasteiger charge is 2.19. The van der Waals surface area contributed by atoms with E-state index >= 15 is 0 Å². The zero-order valence-corrected chi connectivity index (χ0v) is 4.46. The molecule has 1 heterocycles. The second kappa shape index (κ2) is 1.89. The van der Waals surface area contributed by atoms with Gasteiger partial charge in [-0.2, -0.15) is 0 Å². The van der Waals surface area contributed by atoms with Gasteiger partial charge < -0.3 is 0 Å². The molecule has 0 saturated carbocycles. The highest BCUT2D eigenvalue weighted by atomic mass is 16.2. The van der Waals surface area contributed by atoms with Crippen LogP contribution in [0.15, 0.2) is 4.99 Å². The summed E-state index contributed by atoms with van der Waals surface area (Å²) in [5, 5.41) is 0. The molecule has 1 aliphatic rings. The summed E-state index contributed by atoms with van der Waals surface area (Å²) >= 11 is 0. The van der Waals surface area contributed by atoms with Gasteiger partial charge in [-0.1, -0.05) is 0 Å². The average molecular weight is 125 g/mol. The lowest BCUT2D eigenvalue weighted by Crippen LogP contribution is -2.23. The van der Waals surface area contributed by atoms with E-state index < -0.39 is 17.5 Å². The molecule has 1 rings (SSSR count). The van der Waals surface area contributed by atoms with E-state index in [2.05, 4.69) is 4.99 Å². The Morgan fingerprint density at radius 2 is 2.00 bits per heavy atom. The second-order valence-electron chi connectivity index (χ2n) is 1.62. The molecule has 0 aromatic heterocycles. The molecule has 0 radical (unpaired) electrons. The molecule has 0 bridgehead atoms. The Morgan fingerprint density at radius 3 is 2.44 bits per heavy atom. The van der Waals surface area contributed by atoms with E-state index in [0.29, 0.717) is 0 Å². The number of carbonyl (C=O) groups is 3. The molecule has 1 aliphatic heterocycles. The third-order valence-electron chi connectivity index (χ3n) is 0.912. The van der Waals surface area contributed by atoms with Crippen LogP contribution in [-0.4, -0.2) is 23.7 Å². The SMILES string of the molecule is O=C1CC(=O)C(=O)C=N1. The highest BCUT2D eigenvalue weighted by molar-refractivity contribution is 6.62. The number of ketones is 2. The topological polar surface area (TPSA) is 63.6 Å². The summed E-state index contributed by atoms with van der Waals surface area (Å²) < 4.78 is 0. The maximum atomic E-state index is 10.3. The zero-order chi connectivity index (χ0) is 6.85. The Balaban J connectivity index is 2.89. The normalized spacial score (nSPS) is 18.9. The number of Topliss-reactive ketones (excluding diaryl/α,β-unsaturated/α-hetero) is 2. The zero-order valence-electron chi connectivity index (χ0n) is 4.46. The van der Waals surface area contributed by atoms with Gasteiger partial charge in [-0.3, -0.25) is 14.4 Å². The van der Waals surface area contributed by atoms with Crippen molar-refractivity contribution in [2.45, 2.75) is 6.42 Å².